The predicted molar refractivity (Wildman–Crippen MR) is 38.9 cm³/mol. The van der Waals surface area contributed by atoms with Crippen LogP contribution in [-0.4, -0.2) is 11.6 Å². The van der Waals surface area contributed by atoms with E-state index in [9.17, 15) is 4.39 Å². The lowest BCUT2D eigenvalue weighted by molar-refractivity contribution is 0.388. The first-order chi connectivity index (χ1) is 4.55. The quantitative estimate of drug-likeness (QED) is 0.516. The van der Waals surface area contributed by atoms with Crippen LogP contribution in [0.4, 0.5) is 4.39 Å². The molecule has 0 saturated carbocycles. The predicted octanol–water partition coefficient (Wildman–Crippen LogP) is 0.454. The molecule has 0 radical (unpaired) electrons. The maximum absolute atomic E-state index is 12.8. The molecule has 56 valence electrons. The summed E-state index contributed by atoms with van der Waals surface area (Å²) in [4.78, 5) is 0. The minimum Gasteiger partial charge on any atom is -0.323 e. The lowest BCUT2D eigenvalue weighted by atomic mass is 9.89. The van der Waals surface area contributed by atoms with Gasteiger partial charge < -0.3 is 11.5 Å². The van der Waals surface area contributed by atoms with Crippen LogP contribution in [0.1, 0.15) is 6.92 Å². The zero-order chi connectivity index (χ0) is 7.78. The van der Waals surface area contributed by atoms with Gasteiger partial charge in [-0.1, -0.05) is 12.2 Å². The van der Waals surface area contributed by atoms with Gasteiger partial charge in [0, 0.05) is 6.04 Å². The third kappa shape index (κ3) is 0.978. The maximum Gasteiger partial charge on any atom is 0.121 e. The molecule has 0 amide bonds. The molecule has 1 aliphatic rings. The van der Waals surface area contributed by atoms with E-state index in [0.717, 1.165) is 0 Å². The van der Waals surface area contributed by atoms with Crippen LogP contribution in [0.15, 0.2) is 24.1 Å². The van der Waals surface area contributed by atoms with E-state index in [2.05, 4.69) is 0 Å². The van der Waals surface area contributed by atoms with Crippen molar-refractivity contribution in [3.05, 3.63) is 24.1 Å². The zero-order valence-electron chi connectivity index (χ0n) is 5.84. The van der Waals surface area contributed by atoms with Crippen molar-refractivity contribution in [2.24, 2.45) is 11.5 Å². The van der Waals surface area contributed by atoms with Crippen LogP contribution < -0.4 is 11.5 Å². The molecule has 1 aliphatic carbocycles. The molecule has 1 rings (SSSR count). The minimum atomic E-state index is -1.02. The Morgan fingerprint density at radius 3 is 2.70 bits per heavy atom. The van der Waals surface area contributed by atoms with Crippen LogP contribution in [0.25, 0.3) is 0 Å². The van der Waals surface area contributed by atoms with Gasteiger partial charge in [-0.25, -0.2) is 4.39 Å². The average Bonchev–Trinajstić information content (AvgIpc) is 1.84. The Kier molecular flexibility index (Phi) is 1.62. The molecule has 0 aromatic rings. The Morgan fingerprint density at radius 2 is 2.30 bits per heavy atom. The van der Waals surface area contributed by atoms with Crippen molar-refractivity contribution in [3.63, 3.8) is 0 Å². The van der Waals surface area contributed by atoms with Crippen molar-refractivity contribution in [2.75, 3.05) is 0 Å². The molecule has 0 heterocycles. The molecule has 0 saturated heterocycles. The third-order valence-electron chi connectivity index (χ3n) is 1.77. The summed E-state index contributed by atoms with van der Waals surface area (Å²) in [6.07, 6.45) is 4.60. The van der Waals surface area contributed by atoms with Crippen LogP contribution in [0, 0.1) is 0 Å². The summed E-state index contributed by atoms with van der Waals surface area (Å²) < 4.78 is 12.8. The van der Waals surface area contributed by atoms with Crippen LogP contribution in [0.2, 0.25) is 0 Å². The third-order valence-corrected chi connectivity index (χ3v) is 1.77. The highest BCUT2D eigenvalue weighted by Crippen LogP contribution is 2.22. The summed E-state index contributed by atoms with van der Waals surface area (Å²) in [6, 6.07) is -0.419. The monoisotopic (exact) mass is 142 g/mol. The average molecular weight is 142 g/mol. The Balaban J connectivity index is 2.93. The van der Waals surface area contributed by atoms with Crippen molar-refractivity contribution in [2.45, 2.75) is 18.5 Å². The lowest BCUT2D eigenvalue weighted by Crippen LogP contribution is -2.53. The molecule has 2 atom stereocenters. The molecule has 10 heavy (non-hydrogen) atoms. The van der Waals surface area contributed by atoms with Gasteiger partial charge in [0.1, 0.15) is 5.83 Å². The van der Waals surface area contributed by atoms with Gasteiger partial charge in [0.2, 0.25) is 0 Å². The van der Waals surface area contributed by atoms with E-state index in [-0.39, 0.29) is 5.83 Å². The summed E-state index contributed by atoms with van der Waals surface area (Å²) in [5, 5.41) is 0. The molecule has 2 unspecified atom stereocenters. The first-order valence-electron chi connectivity index (χ1n) is 3.14. The molecule has 0 spiro atoms. The van der Waals surface area contributed by atoms with Crippen LogP contribution >= 0.6 is 0 Å². The van der Waals surface area contributed by atoms with E-state index < -0.39 is 11.6 Å². The summed E-state index contributed by atoms with van der Waals surface area (Å²) in [7, 11) is 0. The summed E-state index contributed by atoms with van der Waals surface area (Å²) in [5.74, 6) is -0.359. The number of halogens is 1. The molecule has 0 fully saturated rings. The molecule has 0 aromatic heterocycles. The number of nitrogens with two attached hydrogens (primary N) is 2. The fourth-order valence-electron chi connectivity index (χ4n) is 0.798. The van der Waals surface area contributed by atoms with E-state index in [0.29, 0.717) is 0 Å². The first-order valence-corrected chi connectivity index (χ1v) is 3.14. The second-order valence-electron chi connectivity index (χ2n) is 2.71. The SMILES string of the molecule is CC1(N)C(F)=CC=CC1N. The Bertz CT molecular complexity index is 194. The van der Waals surface area contributed by atoms with Gasteiger partial charge in [0.05, 0.1) is 5.54 Å². The molecule has 2 nitrogen and oxygen atoms in total. The van der Waals surface area contributed by atoms with Crippen LogP contribution in [0.3, 0.4) is 0 Å². The van der Waals surface area contributed by atoms with Gasteiger partial charge in [-0.05, 0) is 13.0 Å². The highest BCUT2D eigenvalue weighted by atomic mass is 19.1. The smallest absolute Gasteiger partial charge is 0.121 e. The number of hydrogen-bond acceptors (Lipinski definition) is 2. The second-order valence-corrected chi connectivity index (χ2v) is 2.71. The fraction of sp³-hybridized carbons (Fsp3) is 0.429. The number of rotatable bonds is 0. The van der Waals surface area contributed by atoms with Crippen molar-refractivity contribution in [1.29, 1.82) is 0 Å². The fourth-order valence-corrected chi connectivity index (χ4v) is 0.798. The van der Waals surface area contributed by atoms with Crippen molar-refractivity contribution >= 4 is 0 Å². The second kappa shape index (κ2) is 2.18. The van der Waals surface area contributed by atoms with E-state index in [1.165, 1.54) is 6.08 Å². The largest absolute Gasteiger partial charge is 0.323 e. The molecule has 0 aliphatic heterocycles. The number of allylic oxidation sites excluding steroid dienone is 2. The highest BCUT2D eigenvalue weighted by molar-refractivity contribution is 5.29. The van der Waals surface area contributed by atoms with E-state index in [1.807, 2.05) is 0 Å². The molecular formula is C7H11FN2. The number of hydrogen-bond donors (Lipinski definition) is 2. The summed E-state index contributed by atoms with van der Waals surface area (Å²) >= 11 is 0. The summed E-state index contributed by atoms with van der Waals surface area (Å²) in [5.41, 5.74) is 10.0. The van der Waals surface area contributed by atoms with Crippen molar-refractivity contribution in [3.8, 4) is 0 Å². The van der Waals surface area contributed by atoms with Crippen LogP contribution in [0.5, 0.6) is 0 Å². The summed E-state index contributed by atoms with van der Waals surface area (Å²) in [6.45, 7) is 1.58. The van der Waals surface area contributed by atoms with Crippen molar-refractivity contribution in [1.82, 2.24) is 0 Å². The van der Waals surface area contributed by atoms with Gasteiger partial charge >= 0.3 is 0 Å². The van der Waals surface area contributed by atoms with Gasteiger partial charge in [0.25, 0.3) is 0 Å². The molecular weight excluding hydrogens is 131 g/mol. The molecule has 3 heteroatoms. The minimum absolute atomic E-state index is 0.359. The Hall–Kier alpha value is -0.670. The lowest BCUT2D eigenvalue weighted by Gasteiger charge is -2.29. The first kappa shape index (κ1) is 7.44. The van der Waals surface area contributed by atoms with Gasteiger partial charge in [-0.3, -0.25) is 0 Å². The van der Waals surface area contributed by atoms with Crippen LogP contribution in [-0.2, 0) is 0 Å². The highest BCUT2D eigenvalue weighted by Gasteiger charge is 2.31. The molecule has 0 aromatic carbocycles. The standard InChI is InChI=1S/C7H11FN2/c1-7(10)5(8)3-2-4-6(7)9/h2-4,6H,9-10H2,1H3. The van der Waals surface area contributed by atoms with E-state index in [4.69, 9.17) is 11.5 Å². The van der Waals surface area contributed by atoms with Gasteiger partial charge in [-0.15, -0.1) is 0 Å². The maximum atomic E-state index is 12.8. The Labute approximate surface area is 59.4 Å². The van der Waals surface area contributed by atoms with E-state index >= 15 is 0 Å². The topological polar surface area (TPSA) is 52.0 Å². The van der Waals surface area contributed by atoms with E-state index in [1.54, 1.807) is 19.1 Å². The Morgan fingerprint density at radius 1 is 1.70 bits per heavy atom. The van der Waals surface area contributed by atoms with Gasteiger partial charge in [0.15, 0.2) is 0 Å². The van der Waals surface area contributed by atoms with Gasteiger partial charge in [-0.2, -0.15) is 0 Å². The molecule has 4 N–H and O–H groups in total. The zero-order valence-corrected chi connectivity index (χ0v) is 5.84. The van der Waals surface area contributed by atoms with Crippen molar-refractivity contribution < 1.29 is 4.39 Å². The molecule has 0 bridgehead atoms. The normalized spacial score (nSPS) is 39.6.